The van der Waals surface area contributed by atoms with Gasteiger partial charge in [-0.15, -0.1) is 0 Å². The van der Waals surface area contributed by atoms with Gasteiger partial charge in [-0.25, -0.2) is 0 Å². The lowest BCUT2D eigenvalue weighted by Crippen LogP contribution is -1.73. The fraction of sp³-hybridized carbons (Fsp3) is 0.500. The Kier molecular flexibility index (Phi) is 16.7. The molecule has 0 aliphatic carbocycles. The summed E-state index contributed by atoms with van der Waals surface area (Å²) in [6, 6.07) is 10.5. The lowest BCUT2D eigenvalue weighted by Gasteiger charge is -1.89. The van der Waals surface area contributed by atoms with Crippen LogP contribution in [0.15, 0.2) is 30.3 Å². The molecule has 0 radical (unpaired) electrons. The van der Waals surface area contributed by atoms with Crippen molar-refractivity contribution in [2.45, 2.75) is 47.0 Å². The van der Waals surface area contributed by atoms with Gasteiger partial charge >= 0.3 is 0 Å². The van der Waals surface area contributed by atoms with Crippen LogP contribution < -0.4 is 0 Å². The van der Waals surface area contributed by atoms with Crippen molar-refractivity contribution in [3.8, 4) is 0 Å². The molecule has 15 heavy (non-hydrogen) atoms. The van der Waals surface area contributed by atoms with Gasteiger partial charge in [0.25, 0.3) is 0 Å². The predicted octanol–water partition coefficient (Wildman–Crippen LogP) is 4.26. The number of rotatable bonds is 2. The molecule has 0 aromatic heterocycles. The summed E-state index contributed by atoms with van der Waals surface area (Å²) in [7, 11) is 0. The summed E-state index contributed by atoms with van der Waals surface area (Å²) in [5.74, 6) is 0. The highest BCUT2D eigenvalue weighted by Crippen LogP contribution is 1.96. The zero-order valence-electron chi connectivity index (χ0n) is 10.5. The molecule has 1 heteroatoms. The van der Waals surface area contributed by atoms with Gasteiger partial charge in [-0.05, 0) is 12.0 Å². The first-order valence-electron chi connectivity index (χ1n) is 5.74. The van der Waals surface area contributed by atoms with Crippen LogP contribution in [0.5, 0.6) is 0 Å². The minimum absolute atomic E-state index is 0.639. The van der Waals surface area contributed by atoms with Gasteiger partial charge in [-0.1, -0.05) is 64.4 Å². The monoisotopic (exact) mass is 208 g/mol. The van der Waals surface area contributed by atoms with Crippen LogP contribution in [0.4, 0.5) is 0 Å². The van der Waals surface area contributed by atoms with Crippen molar-refractivity contribution in [1.29, 1.82) is 0 Å². The maximum absolute atomic E-state index is 9.17. The first kappa shape index (κ1) is 16.3. The summed E-state index contributed by atoms with van der Waals surface area (Å²) in [4.78, 5) is 9.17. The van der Waals surface area contributed by atoms with Crippen molar-refractivity contribution in [1.82, 2.24) is 0 Å². The fourth-order valence-electron chi connectivity index (χ4n) is 0.714. The molecular weight excluding hydrogens is 184 g/mol. The average Bonchev–Trinajstić information content (AvgIpc) is 2.31. The molecule has 1 aromatic carbocycles. The zero-order chi connectivity index (χ0) is 11.9. The second-order valence-electron chi connectivity index (χ2n) is 3.12. The summed E-state index contributed by atoms with van der Waals surface area (Å²) in [6.07, 6.45) is 3.90. The van der Waals surface area contributed by atoms with Gasteiger partial charge in [-0.3, -0.25) is 0 Å². The standard InChI is InChI=1S/C8H10.C3H6O.C3H8/c1-2-8-6-4-3-5-7-8;1-2-3-4;1-3-2/h3-7H,2H2,1H3;3H,2H2,1H3;3H2,1-2H3. The summed E-state index contributed by atoms with van der Waals surface area (Å²) in [5.41, 5.74) is 1.41. The highest BCUT2D eigenvalue weighted by Gasteiger charge is 1.79. The zero-order valence-corrected chi connectivity index (χ0v) is 10.5. The Balaban J connectivity index is 0. The van der Waals surface area contributed by atoms with Crippen LogP contribution in [0.25, 0.3) is 0 Å². The largest absolute Gasteiger partial charge is 0.303 e. The van der Waals surface area contributed by atoms with Gasteiger partial charge in [0.15, 0.2) is 0 Å². The number of hydrogen-bond donors (Lipinski definition) is 0. The summed E-state index contributed by atoms with van der Waals surface area (Å²) >= 11 is 0. The molecule has 0 saturated heterocycles. The van der Waals surface area contributed by atoms with Crippen LogP contribution in [0.1, 0.15) is 46.1 Å². The van der Waals surface area contributed by atoms with Crippen LogP contribution >= 0.6 is 0 Å². The minimum Gasteiger partial charge on any atom is -0.303 e. The summed E-state index contributed by atoms with van der Waals surface area (Å²) in [5, 5.41) is 0. The number of aryl methyl sites for hydroxylation is 1. The Morgan fingerprint density at radius 2 is 1.40 bits per heavy atom. The van der Waals surface area contributed by atoms with Crippen molar-refractivity contribution in [2.75, 3.05) is 0 Å². The Morgan fingerprint density at radius 1 is 1.00 bits per heavy atom. The molecule has 1 aromatic rings. The van der Waals surface area contributed by atoms with E-state index < -0.39 is 0 Å². The van der Waals surface area contributed by atoms with Crippen LogP contribution in [-0.4, -0.2) is 6.29 Å². The molecule has 0 heterocycles. The van der Waals surface area contributed by atoms with E-state index in [9.17, 15) is 4.79 Å². The molecule has 0 bridgehead atoms. The Hall–Kier alpha value is -1.11. The van der Waals surface area contributed by atoms with Gasteiger partial charge in [0.2, 0.25) is 0 Å². The predicted molar refractivity (Wildman–Crippen MR) is 68.1 cm³/mol. The second-order valence-corrected chi connectivity index (χ2v) is 3.12. The minimum atomic E-state index is 0.639. The van der Waals surface area contributed by atoms with Crippen LogP contribution in [-0.2, 0) is 11.2 Å². The Labute approximate surface area is 94.5 Å². The van der Waals surface area contributed by atoms with E-state index in [4.69, 9.17) is 0 Å². The second kappa shape index (κ2) is 15.4. The molecule has 0 spiro atoms. The van der Waals surface area contributed by atoms with E-state index in [0.717, 1.165) is 12.7 Å². The highest BCUT2D eigenvalue weighted by molar-refractivity contribution is 5.48. The van der Waals surface area contributed by atoms with Crippen molar-refractivity contribution in [2.24, 2.45) is 0 Å². The molecular formula is C14H24O. The van der Waals surface area contributed by atoms with Crippen molar-refractivity contribution >= 4 is 6.29 Å². The van der Waals surface area contributed by atoms with E-state index in [1.165, 1.54) is 12.0 Å². The lowest BCUT2D eigenvalue weighted by molar-refractivity contribution is -0.107. The third-order valence-corrected chi connectivity index (χ3v) is 1.42. The third kappa shape index (κ3) is 15.6. The van der Waals surface area contributed by atoms with E-state index in [1.807, 2.05) is 13.0 Å². The number of benzene rings is 1. The van der Waals surface area contributed by atoms with E-state index in [2.05, 4.69) is 45.0 Å². The molecule has 0 N–H and O–H groups in total. The van der Waals surface area contributed by atoms with E-state index in [1.54, 1.807) is 0 Å². The first-order chi connectivity index (χ1) is 7.26. The molecule has 0 fully saturated rings. The Bertz CT molecular complexity index is 204. The van der Waals surface area contributed by atoms with Gasteiger partial charge in [0.1, 0.15) is 6.29 Å². The SMILES string of the molecule is CCC.CCC=O.CCc1ccccc1. The summed E-state index contributed by atoms with van der Waals surface area (Å²) < 4.78 is 0. The van der Waals surface area contributed by atoms with E-state index in [0.29, 0.717) is 6.42 Å². The molecule has 86 valence electrons. The highest BCUT2D eigenvalue weighted by atomic mass is 16.1. The lowest BCUT2D eigenvalue weighted by atomic mass is 10.2. The molecule has 0 amide bonds. The number of carbonyl (C=O) groups excluding carboxylic acids is 1. The van der Waals surface area contributed by atoms with Gasteiger partial charge in [-0.2, -0.15) is 0 Å². The summed E-state index contributed by atoms with van der Waals surface area (Å²) in [6.45, 7) is 8.22. The normalized spacial score (nSPS) is 7.73. The average molecular weight is 208 g/mol. The van der Waals surface area contributed by atoms with Crippen LogP contribution in [0.3, 0.4) is 0 Å². The number of carbonyl (C=O) groups is 1. The number of hydrogen-bond acceptors (Lipinski definition) is 1. The maximum atomic E-state index is 9.17. The molecule has 0 aliphatic rings. The van der Waals surface area contributed by atoms with Gasteiger partial charge in [0, 0.05) is 6.42 Å². The smallest absolute Gasteiger partial charge is 0.119 e. The van der Waals surface area contributed by atoms with Crippen LogP contribution in [0.2, 0.25) is 0 Å². The third-order valence-electron chi connectivity index (χ3n) is 1.42. The van der Waals surface area contributed by atoms with E-state index in [-0.39, 0.29) is 0 Å². The fourth-order valence-corrected chi connectivity index (χ4v) is 0.714. The maximum Gasteiger partial charge on any atom is 0.119 e. The molecule has 0 unspecified atom stereocenters. The Morgan fingerprint density at radius 3 is 1.60 bits per heavy atom. The van der Waals surface area contributed by atoms with Crippen LogP contribution in [0, 0.1) is 0 Å². The quantitative estimate of drug-likeness (QED) is 0.664. The van der Waals surface area contributed by atoms with Gasteiger partial charge < -0.3 is 4.79 Å². The molecule has 0 atom stereocenters. The van der Waals surface area contributed by atoms with Crippen molar-refractivity contribution < 1.29 is 4.79 Å². The molecule has 0 aliphatic heterocycles. The first-order valence-corrected chi connectivity index (χ1v) is 5.74. The van der Waals surface area contributed by atoms with Gasteiger partial charge in [0.05, 0.1) is 0 Å². The van der Waals surface area contributed by atoms with Crippen molar-refractivity contribution in [3.63, 3.8) is 0 Å². The number of aldehydes is 1. The molecule has 1 rings (SSSR count). The topological polar surface area (TPSA) is 17.1 Å². The van der Waals surface area contributed by atoms with Crippen molar-refractivity contribution in [3.05, 3.63) is 35.9 Å². The van der Waals surface area contributed by atoms with E-state index >= 15 is 0 Å². The molecule has 1 nitrogen and oxygen atoms in total. The molecule has 0 saturated carbocycles.